The average molecular weight is 307 g/mol. The lowest BCUT2D eigenvalue weighted by Gasteiger charge is -2.17. The molecule has 0 aromatic carbocycles. The Bertz CT molecular complexity index is 279. The fourth-order valence-electron chi connectivity index (χ4n) is 1.78. The van der Waals surface area contributed by atoms with Crippen LogP contribution in [0.3, 0.4) is 0 Å². The number of nitrogens with two attached hydrogens (primary N) is 1. The van der Waals surface area contributed by atoms with Gasteiger partial charge in [0.05, 0.1) is 13.2 Å². The summed E-state index contributed by atoms with van der Waals surface area (Å²) in [5, 5.41) is 0. The molecule has 0 aliphatic rings. The van der Waals surface area contributed by atoms with Gasteiger partial charge in [0.15, 0.2) is 0 Å². The Hall–Kier alpha value is -0.380. The smallest absolute Gasteiger partial charge is 0.340 e. The number of amides is 1. The van der Waals surface area contributed by atoms with Crippen LogP contribution in [0.1, 0.15) is 65.2 Å². The first-order chi connectivity index (χ1) is 9.54. The molecule has 0 aliphatic heterocycles. The number of rotatable bonds is 14. The van der Waals surface area contributed by atoms with Crippen LogP contribution in [0.4, 0.5) is 0 Å². The van der Waals surface area contributed by atoms with Crippen LogP contribution in [0, 0.1) is 0 Å². The summed E-state index contributed by atoms with van der Waals surface area (Å²) in [6.45, 7) is 4.97. The molecular formula is C14H30NO4P. The number of hydrogen-bond donors (Lipinski definition) is 1. The Morgan fingerprint density at radius 3 is 1.70 bits per heavy atom. The van der Waals surface area contributed by atoms with Crippen LogP contribution in [-0.2, 0) is 18.4 Å². The van der Waals surface area contributed by atoms with Crippen molar-refractivity contribution in [1.29, 1.82) is 0 Å². The van der Waals surface area contributed by atoms with Gasteiger partial charge in [-0.25, -0.2) is 0 Å². The van der Waals surface area contributed by atoms with Crippen molar-refractivity contribution in [2.24, 2.45) is 5.73 Å². The van der Waals surface area contributed by atoms with Crippen molar-refractivity contribution in [3.8, 4) is 0 Å². The number of carbonyl (C=O) groups excluding carboxylic acids is 1. The molecule has 0 radical (unpaired) electrons. The van der Waals surface area contributed by atoms with Crippen molar-refractivity contribution in [3.63, 3.8) is 0 Å². The predicted octanol–water partition coefficient (Wildman–Crippen LogP) is 3.86. The Morgan fingerprint density at radius 1 is 0.900 bits per heavy atom. The van der Waals surface area contributed by atoms with Gasteiger partial charge in [-0.3, -0.25) is 9.36 Å². The minimum Gasteiger partial charge on any atom is -0.369 e. The highest BCUT2D eigenvalue weighted by atomic mass is 31.2. The van der Waals surface area contributed by atoms with Crippen molar-refractivity contribution in [2.75, 3.05) is 19.4 Å². The molecule has 0 spiro atoms. The average Bonchev–Trinajstić information content (AvgIpc) is 2.37. The molecule has 0 aromatic rings. The molecule has 0 heterocycles. The van der Waals surface area contributed by atoms with Gasteiger partial charge < -0.3 is 14.8 Å². The normalized spacial score (nSPS) is 11.7. The van der Waals surface area contributed by atoms with Gasteiger partial charge >= 0.3 is 7.60 Å². The van der Waals surface area contributed by atoms with Crippen molar-refractivity contribution < 1.29 is 18.4 Å². The summed E-state index contributed by atoms with van der Waals surface area (Å²) >= 11 is 0. The largest absolute Gasteiger partial charge is 0.369 e. The maximum absolute atomic E-state index is 12.3. The van der Waals surface area contributed by atoms with Crippen LogP contribution in [0.15, 0.2) is 0 Å². The Morgan fingerprint density at radius 2 is 1.35 bits per heavy atom. The lowest BCUT2D eigenvalue weighted by atomic mass is 10.2. The quantitative estimate of drug-likeness (QED) is 0.390. The van der Waals surface area contributed by atoms with E-state index in [1.54, 1.807) is 0 Å². The molecule has 0 aliphatic carbocycles. The summed E-state index contributed by atoms with van der Waals surface area (Å²) in [5.74, 6) is -0.643. The predicted molar refractivity (Wildman–Crippen MR) is 81.9 cm³/mol. The highest BCUT2D eigenvalue weighted by Gasteiger charge is 2.27. The van der Waals surface area contributed by atoms with E-state index in [9.17, 15) is 9.36 Å². The van der Waals surface area contributed by atoms with Crippen LogP contribution < -0.4 is 5.73 Å². The molecule has 0 aromatic heterocycles. The third-order valence-corrected chi connectivity index (χ3v) is 4.77. The molecule has 1 amide bonds. The van der Waals surface area contributed by atoms with Crippen LogP contribution in [0.25, 0.3) is 0 Å². The molecule has 0 rings (SSSR count). The van der Waals surface area contributed by atoms with Gasteiger partial charge in [0.25, 0.3) is 0 Å². The van der Waals surface area contributed by atoms with Gasteiger partial charge in [0, 0.05) is 0 Å². The van der Waals surface area contributed by atoms with Crippen molar-refractivity contribution >= 4 is 13.5 Å². The van der Waals surface area contributed by atoms with Crippen molar-refractivity contribution in [3.05, 3.63) is 0 Å². The first kappa shape index (κ1) is 19.6. The van der Waals surface area contributed by atoms with Crippen molar-refractivity contribution in [1.82, 2.24) is 0 Å². The monoisotopic (exact) mass is 307 g/mol. The van der Waals surface area contributed by atoms with E-state index >= 15 is 0 Å². The van der Waals surface area contributed by atoms with Crippen LogP contribution in [-0.4, -0.2) is 25.3 Å². The molecule has 0 saturated carbocycles. The molecule has 5 nitrogen and oxygen atoms in total. The van der Waals surface area contributed by atoms with E-state index in [0.717, 1.165) is 51.4 Å². The zero-order valence-electron chi connectivity index (χ0n) is 12.9. The summed E-state index contributed by atoms with van der Waals surface area (Å²) in [6, 6.07) is 0. The van der Waals surface area contributed by atoms with Gasteiger partial charge in [-0.05, 0) is 12.8 Å². The molecule has 2 N–H and O–H groups in total. The molecule has 120 valence electrons. The molecular weight excluding hydrogens is 277 g/mol. The first-order valence-corrected chi connectivity index (χ1v) is 9.43. The summed E-state index contributed by atoms with van der Waals surface area (Å²) in [4.78, 5) is 11.0. The highest BCUT2D eigenvalue weighted by molar-refractivity contribution is 7.54. The van der Waals surface area contributed by atoms with E-state index in [2.05, 4.69) is 13.8 Å². The van der Waals surface area contributed by atoms with E-state index < -0.39 is 13.5 Å². The van der Waals surface area contributed by atoms with E-state index in [-0.39, 0.29) is 6.16 Å². The molecule has 0 bridgehead atoms. The standard InChI is InChI=1S/C14H30NO4P/c1-3-5-7-9-11-18-20(17,13-14(15)16)19-12-10-8-6-4-2/h3-13H2,1-2H3,(H2,15,16). The molecule has 0 fully saturated rings. The van der Waals surface area contributed by atoms with Gasteiger partial charge in [-0.2, -0.15) is 0 Å². The SMILES string of the molecule is CCCCCCOP(=O)(CC(N)=O)OCCCCCC. The molecule has 0 atom stereocenters. The maximum atomic E-state index is 12.3. The Balaban J connectivity index is 4.01. The Kier molecular flexibility index (Phi) is 12.1. The highest BCUT2D eigenvalue weighted by Crippen LogP contribution is 2.48. The first-order valence-electron chi connectivity index (χ1n) is 7.70. The van der Waals surface area contributed by atoms with Gasteiger partial charge in [-0.1, -0.05) is 52.4 Å². The number of carbonyl (C=O) groups is 1. The fraction of sp³-hybridized carbons (Fsp3) is 0.929. The lowest BCUT2D eigenvalue weighted by Crippen LogP contribution is -2.18. The maximum Gasteiger partial charge on any atom is 0.340 e. The van der Waals surface area contributed by atoms with Crippen LogP contribution in [0.5, 0.6) is 0 Å². The summed E-state index contributed by atoms with van der Waals surface area (Å²) in [6.07, 6.45) is 7.91. The van der Waals surface area contributed by atoms with E-state index in [1.807, 2.05) is 0 Å². The van der Waals surface area contributed by atoms with Crippen molar-refractivity contribution in [2.45, 2.75) is 65.2 Å². The zero-order chi connectivity index (χ0) is 15.3. The molecule has 20 heavy (non-hydrogen) atoms. The number of unbranched alkanes of at least 4 members (excludes halogenated alkanes) is 6. The second-order valence-electron chi connectivity index (χ2n) is 5.02. The van der Waals surface area contributed by atoms with Crippen LogP contribution >= 0.6 is 7.60 Å². The summed E-state index contributed by atoms with van der Waals surface area (Å²) in [5.41, 5.74) is 5.11. The second-order valence-corrected chi connectivity index (χ2v) is 7.08. The molecule has 0 saturated heterocycles. The zero-order valence-corrected chi connectivity index (χ0v) is 13.8. The van der Waals surface area contributed by atoms with E-state index in [1.165, 1.54) is 0 Å². The summed E-state index contributed by atoms with van der Waals surface area (Å²) in [7, 11) is -3.35. The van der Waals surface area contributed by atoms with Crippen LogP contribution in [0.2, 0.25) is 0 Å². The third-order valence-electron chi connectivity index (χ3n) is 2.92. The lowest BCUT2D eigenvalue weighted by molar-refractivity contribution is -0.115. The summed E-state index contributed by atoms with van der Waals surface area (Å²) < 4.78 is 23.0. The second kappa shape index (κ2) is 12.4. The fourth-order valence-corrected chi connectivity index (χ4v) is 3.24. The number of hydrogen-bond acceptors (Lipinski definition) is 4. The van der Waals surface area contributed by atoms with Gasteiger partial charge in [0.1, 0.15) is 6.16 Å². The van der Waals surface area contributed by atoms with E-state index in [4.69, 9.17) is 14.8 Å². The topological polar surface area (TPSA) is 78.6 Å². The minimum atomic E-state index is -3.35. The third kappa shape index (κ3) is 11.4. The molecule has 6 heteroatoms. The number of primary amides is 1. The molecule has 0 unspecified atom stereocenters. The van der Waals surface area contributed by atoms with Gasteiger partial charge in [-0.15, -0.1) is 0 Å². The van der Waals surface area contributed by atoms with E-state index in [0.29, 0.717) is 13.2 Å². The minimum absolute atomic E-state index is 0.325. The van der Waals surface area contributed by atoms with Gasteiger partial charge in [0.2, 0.25) is 5.91 Å². The Labute approximate surface area is 123 Å².